The van der Waals surface area contributed by atoms with Gasteiger partial charge in [0, 0.05) is 35.8 Å². The van der Waals surface area contributed by atoms with Crippen LogP contribution in [0.2, 0.25) is 0 Å². The molecule has 25 heavy (non-hydrogen) atoms. The van der Waals surface area contributed by atoms with Crippen LogP contribution in [0.15, 0.2) is 53.4 Å². The van der Waals surface area contributed by atoms with E-state index in [1.807, 2.05) is 47.0 Å². The first-order chi connectivity index (χ1) is 12.3. The number of hydrogen-bond donors (Lipinski definition) is 0. The smallest absolute Gasteiger partial charge is 0.258 e. The van der Waals surface area contributed by atoms with E-state index in [-0.39, 0.29) is 5.91 Å². The summed E-state index contributed by atoms with van der Waals surface area (Å²) in [6.45, 7) is 4.12. The number of carbonyl (C=O) groups excluding carboxylic acids is 1. The lowest BCUT2D eigenvalue weighted by molar-refractivity contribution is 0.0986. The molecule has 1 fully saturated rings. The molecule has 0 N–H and O–H groups in total. The molecule has 2 aromatic rings. The van der Waals surface area contributed by atoms with Gasteiger partial charge in [-0.2, -0.15) is 0 Å². The molecular formula is C20H22N2O2S. The van der Waals surface area contributed by atoms with Crippen LogP contribution in [-0.2, 0) is 4.74 Å². The maximum Gasteiger partial charge on any atom is 0.258 e. The zero-order valence-corrected chi connectivity index (χ0v) is 15.0. The van der Waals surface area contributed by atoms with Crippen molar-refractivity contribution in [2.24, 2.45) is 0 Å². The quantitative estimate of drug-likeness (QED) is 0.824. The number of hydrogen-bond acceptors (Lipinski definition) is 4. The largest absolute Gasteiger partial charge is 0.378 e. The highest BCUT2D eigenvalue weighted by Crippen LogP contribution is 2.34. The first-order valence-electron chi connectivity index (χ1n) is 8.79. The van der Waals surface area contributed by atoms with Crippen molar-refractivity contribution in [3.05, 3.63) is 54.1 Å². The monoisotopic (exact) mass is 354 g/mol. The minimum atomic E-state index is 0.0866. The second-order valence-corrected chi connectivity index (χ2v) is 7.41. The van der Waals surface area contributed by atoms with Gasteiger partial charge in [-0.15, -0.1) is 11.8 Å². The van der Waals surface area contributed by atoms with Crippen LogP contribution in [0.1, 0.15) is 16.8 Å². The van der Waals surface area contributed by atoms with Crippen molar-refractivity contribution in [3.8, 4) is 0 Å². The van der Waals surface area contributed by atoms with Crippen LogP contribution in [-0.4, -0.2) is 44.5 Å². The van der Waals surface area contributed by atoms with E-state index >= 15 is 0 Å². The number of nitrogens with zero attached hydrogens (tertiary/aromatic N) is 2. The highest BCUT2D eigenvalue weighted by atomic mass is 32.2. The third kappa shape index (κ3) is 3.53. The van der Waals surface area contributed by atoms with Gasteiger partial charge in [-0.1, -0.05) is 12.1 Å². The first-order valence-corrected chi connectivity index (χ1v) is 9.78. The Morgan fingerprint density at radius 1 is 0.960 bits per heavy atom. The van der Waals surface area contributed by atoms with E-state index in [4.69, 9.17) is 4.74 Å². The number of rotatable bonds is 2. The fourth-order valence-corrected chi connectivity index (χ4v) is 4.32. The van der Waals surface area contributed by atoms with Crippen LogP contribution in [0.4, 0.5) is 11.4 Å². The molecule has 0 saturated carbocycles. The highest BCUT2D eigenvalue weighted by molar-refractivity contribution is 7.99. The zero-order chi connectivity index (χ0) is 17.1. The minimum Gasteiger partial charge on any atom is -0.378 e. The summed E-state index contributed by atoms with van der Waals surface area (Å²) in [5.41, 5.74) is 2.94. The number of para-hydroxylation sites is 1. The minimum absolute atomic E-state index is 0.0866. The van der Waals surface area contributed by atoms with E-state index in [9.17, 15) is 4.79 Å². The molecule has 0 bridgehead atoms. The molecule has 0 radical (unpaired) electrons. The molecule has 2 aromatic carbocycles. The highest BCUT2D eigenvalue weighted by Gasteiger charge is 2.22. The van der Waals surface area contributed by atoms with Gasteiger partial charge in [0.2, 0.25) is 0 Å². The lowest BCUT2D eigenvalue weighted by Gasteiger charge is -2.29. The van der Waals surface area contributed by atoms with E-state index in [1.165, 1.54) is 4.90 Å². The zero-order valence-electron chi connectivity index (χ0n) is 14.2. The fourth-order valence-electron chi connectivity index (χ4n) is 3.33. The van der Waals surface area contributed by atoms with Gasteiger partial charge in [-0.25, -0.2) is 0 Å². The average molecular weight is 354 g/mol. The summed E-state index contributed by atoms with van der Waals surface area (Å²) in [6, 6.07) is 16.2. The van der Waals surface area contributed by atoms with Crippen LogP contribution >= 0.6 is 11.8 Å². The molecule has 0 atom stereocenters. The lowest BCUT2D eigenvalue weighted by Crippen LogP contribution is -2.36. The van der Waals surface area contributed by atoms with Gasteiger partial charge in [0.05, 0.1) is 18.9 Å². The molecule has 0 unspecified atom stereocenters. The number of amides is 1. The van der Waals surface area contributed by atoms with Crippen molar-refractivity contribution < 1.29 is 9.53 Å². The average Bonchev–Trinajstić information content (AvgIpc) is 2.91. The Labute approximate surface area is 152 Å². The molecule has 4 rings (SSSR count). The maximum atomic E-state index is 13.1. The van der Waals surface area contributed by atoms with Crippen molar-refractivity contribution >= 4 is 29.0 Å². The molecule has 1 amide bonds. The molecule has 0 spiro atoms. The molecule has 2 heterocycles. The second-order valence-electron chi connectivity index (χ2n) is 6.27. The Morgan fingerprint density at radius 3 is 2.52 bits per heavy atom. The van der Waals surface area contributed by atoms with Crippen molar-refractivity contribution in [2.45, 2.75) is 11.3 Å². The molecule has 2 aliphatic heterocycles. The van der Waals surface area contributed by atoms with E-state index in [2.05, 4.69) is 23.1 Å². The fraction of sp³-hybridized carbons (Fsp3) is 0.350. The van der Waals surface area contributed by atoms with Crippen molar-refractivity contribution in [3.63, 3.8) is 0 Å². The van der Waals surface area contributed by atoms with Gasteiger partial charge in [0.15, 0.2) is 0 Å². The van der Waals surface area contributed by atoms with E-state index < -0.39 is 0 Å². The van der Waals surface area contributed by atoms with Crippen LogP contribution in [0.5, 0.6) is 0 Å². The van der Waals surface area contributed by atoms with Crippen LogP contribution < -0.4 is 9.80 Å². The topological polar surface area (TPSA) is 32.8 Å². The molecule has 1 saturated heterocycles. The van der Waals surface area contributed by atoms with Crippen LogP contribution in [0.25, 0.3) is 0 Å². The third-order valence-electron chi connectivity index (χ3n) is 4.68. The Balaban J connectivity index is 1.56. The summed E-state index contributed by atoms with van der Waals surface area (Å²) in [5, 5.41) is 0. The first kappa shape index (κ1) is 16.5. The van der Waals surface area contributed by atoms with Gasteiger partial charge < -0.3 is 14.5 Å². The van der Waals surface area contributed by atoms with E-state index in [0.29, 0.717) is 0 Å². The molecular weight excluding hydrogens is 332 g/mol. The maximum absolute atomic E-state index is 13.1. The van der Waals surface area contributed by atoms with Gasteiger partial charge >= 0.3 is 0 Å². The number of benzene rings is 2. The predicted octanol–water partition coefficient (Wildman–Crippen LogP) is 3.67. The van der Waals surface area contributed by atoms with E-state index in [1.54, 1.807) is 0 Å². The normalized spacial score (nSPS) is 17.8. The standard InChI is InChI=1S/C20H22N2O2S/c23-20(22-10-3-15-25-19-5-2-1-4-18(19)22)16-6-8-17(9-7-16)21-11-13-24-14-12-21/h1-2,4-9H,3,10-15H2. The Bertz CT molecular complexity index is 742. The van der Waals surface area contributed by atoms with E-state index in [0.717, 1.165) is 62.0 Å². The summed E-state index contributed by atoms with van der Waals surface area (Å²) in [4.78, 5) is 18.5. The third-order valence-corrected chi connectivity index (χ3v) is 5.82. The van der Waals surface area contributed by atoms with Crippen molar-refractivity contribution in [2.75, 3.05) is 48.4 Å². The van der Waals surface area contributed by atoms with Gasteiger partial charge in [0.1, 0.15) is 0 Å². The summed E-state index contributed by atoms with van der Waals surface area (Å²) >= 11 is 1.83. The number of fused-ring (bicyclic) bond motifs is 1. The number of thioether (sulfide) groups is 1. The Hall–Kier alpha value is -1.98. The Kier molecular flexibility index (Phi) is 4.95. The van der Waals surface area contributed by atoms with Crippen molar-refractivity contribution in [1.82, 2.24) is 0 Å². The summed E-state index contributed by atoms with van der Waals surface area (Å²) in [5.74, 6) is 1.14. The van der Waals surface area contributed by atoms with Gasteiger partial charge in [-0.05, 0) is 48.6 Å². The summed E-state index contributed by atoms with van der Waals surface area (Å²) in [7, 11) is 0. The SMILES string of the molecule is O=C(c1ccc(N2CCOCC2)cc1)N1CCCSc2ccccc21. The molecule has 5 heteroatoms. The number of morpholine rings is 1. The molecule has 130 valence electrons. The second kappa shape index (κ2) is 7.50. The summed E-state index contributed by atoms with van der Waals surface area (Å²) < 4.78 is 5.40. The number of anilines is 2. The molecule has 0 aromatic heterocycles. The van der Waals surface area contributed by atoms with Crippen LogP contribution in [0, 0.1) is 0 Å². The number of carbonyl (C=O) groups is 1. The van der Waals surface area contributed by atoms with Gasteiger partial charge in [0.25, 0.3) is 5.91 Å². The Morgan fingerprint density at radius 2 is 1.72 bits per heavy atom. The predicted molar refractivity (Wildman–Crippen MR) is 103 cm³/mol. The number of ether oxygens (including phenoxy) is 1. The molecule has 4 nitrogen and oxygen atoms in total. The van der Waals surface area contributed by atoms with Crippen LogP contribution in [0.3, 0.4) is 0 Å². The lowest BCUT2D eigenvalue weighted by atomic mass is 10.1. The molecule has 0 aliphatic carbocycles. The summed E-state index contributed by atoms with van der Waals surface area (Å²) in [6.07, 6.45) is 1.01. The molecule has 2 aliphatic rings. The van der Waals surface area contributed by atoms with Crippen molar-refractivity contribution in [1.29, 1.82) is 0 Å². The van der Waals surface area contributed by atoms with Gasteiger partial charge in [-0.3, -0.25) is 4.79 Å².